The maximum atomic E-state index is 8.77. The van der Waals surface area contributed by atoms with Crippen molar-refractivity contribution in [3.8, 4) is 0 Å². The molecule has 0 radical (unpaired) electrons. The van der Waals surface area contributed by atoms with Gasteiger partial charge in [-0.05, 0) is 43.9 Å². The summed E-state index contributed by atoms with van der Waals surface area (Å²) >= 11 is 0. The van der Waals surface area contributed by atoms with Crippen LogP contribution >= 0.6 is 0 Å². The molecule has 3 atom stereocenters. The van der Waals surface area contributed by atoms with Crippen LogP contribution in [0.25, 0.3) is 0 Å². The highest BCUT2D eigenvalue weighted by molar-refractivity contribution is 5.23. The smallest absolute Gasteiger partial charge is 0.0465 e. The van der Waals surface area contributed by atoms with E-state index in [-0.39, 0.29) is 6.61 Å². The van der Waals surface area contributed by atoms with Crippen molar-refractivity contribution in [1.82, 2.24) is 0 Å². The van der Waals surface area contributed by atoms with Crippen LogP contribution in [-0.4, -0.2) is 11.7 Å². The molecule has 1 N–H and O–H groups in total. The van der Waals surface area contributed by atoms with Gasteiger partial charge in [-0.25, -0.2) is 0 Å². The topological polar surface area (TPSA) is 20.2 Å². The fourth-order valence-corrected chi connectivity index (χ4v) is 2.63. The van der Waals surface area contributed by atoms with Crippen molar-refractivity contribution in [1.29, 1.82) is 0 Å². The van der Waals surface area contributed by atoms with Gasteiger partial charge in [0.1, 0.15) is 0 Å². The third-order valence-electron chi connectivity index (χ3n) is 3.68. The summed E-state index contributed by atoms with van der Waals surface area (Å²) < 4.78 is 0. The van der Waals surface area contributed by atoms with E-state index in [1.165, 1.54) is 18.4 Å². The van der Waals surface area contributed by atoms with Crippen LogP contribution in [0.2, 0.25) is 0 Å². The van der Waals surface area contributed by atoms with Gasteiger partial charge in [-0.2, -0.15) is 0 Å². The Labute approximate surface area is 106 Å². The standard InChI is InChI=1S/C16H26O/c1-4-7-13(2)16-12-15(8-5-6-11-17)10-9-14(16)3/h4-5,7-8,12-14,16-17H,6,9-11H2,1-3H3/b7-4-,8-5+/t13-,14?,16?/m0/s1. The summed E-state index contributed by atoms with van der Waals surface area (Å²) in [5.74, 6) is 2.06. The molecule has 0 spiro atoms. The van der Waals surface area contributed by atoms with Crippen molar-refractivity contribution in [3.63, 3.8) is 0 Å². The van der Waals surface area contributed by atoms with Crippen molar-refractivity contribution in [2.45, 2.75) is 40.0 Å². The van der Waals surface area contributed by atoms with Crippen LogP contribution in [0.1, 0.15) is 40.0 Å². The molecule has 0 saturated heterocycles. The first-order valence-corrected chi connectivity index (χ1v) is 6.80. The molecule has 0 amide bonds. The lowest BCUT2D eigenvalue weighted by atomic mass is 9.75. The maximum absolute atomic E-state index is 8.77. The Hall–Kier alpha value is -0.820. The molecule has 1 rings (SSSR count). The largest absolute Gasteiger partial charge is 0.396 e. The van der Waals surface area contributed by atoms with E-state index in [1.807, 2.05) is 0 Å². The first kappa shape index (κ1) is 14.2. The molecule has 0 bridgehead atoms. The van der Waals surface area contributed by atoms with Gasteiger partial charge >= 0.3 is 0 Å². The van der Waals surface area contributed by atoms with Crippen molar-refractivity contribution < 1.29 is 5.11 Å². The highest BCUT2D eigenvalue weighted by Crippen LogP contribution is 2.34. The number of hydrogen-bond donors (Lipinski definition) is 1. The van der Waals surface area contributed by atoms with E-state index in [9.17, 15) is 0 Å². The van der Waals surface area contributed by atoms with E-state index in [0.717, 1.165) is 12.3 Å². The van der Waals surface area contributed by atoms with Gasteiger partial charge in [0.2, 0.25) is 0 Å². The van der Waals surface area contributed by atoms with Crippen molar-refractivity contribution in [2.24, 2.45) is 17.8 Å². The van der Waals surface area contributed by atoms with E-state index >= 15 is 0 Å². The second-order valence-electron chi connectivity index (χ2n) is 5.13. The molecule has 1 aliphatic rings. The van der Waals surface area contributed by atoms with E-state index in [0.29, 0.717) is 11.8 Å². The summed E-state index contributed by atoms with van der Waals surface area (Å²) in [6.07, 6.45) is 14.4. The Balaban J connectivity index is 2.70. The third-order valence-corrected chi connectivity index (χ3v) is 3.68. The van der Waals surface area contributed by atoms with Crippen LogP contribution in [-0.2, 0) is 0 Å². The lowest BCUT2D eigenvalue weighted by Crippen LogP contribution is -2.20. The van der Waals surface area contributed by atoms with Gasteiger partial charge in [0.15, 0.2) is 0 Å². The molecule has 0 aromatic rings. The Morgan fingerprint density at radius 1 is 1.53 bits per heavy atom. The molecule has 96 valence electrons. The average molecular weight is 234 g/mol. The minimum atomic E-state index is 0.249. The van der Waals surface area contributed by atoms with Gasteiger partial charge in [-0.3, -0.25) is 0 Å². The van der Waals surface area contributed by atoms with Gasteiger partial charge in [0.25, 0.3) is 0 Å². The van der Waals surface area contributed by atoms with Crippen molar-refractivity contribution in [2.75, 3.05) is 6.61 Å². The maximum Gasteiger partial charge on any atom is 0.0465 e. The minimum Gasteiger partial charge on any atom is -0.396 e. The van der Waals surface area contributed by atoms with Crippen LogP contribution in [0.5, 0.6) is 0 Å². The van der Waals surface area contributed by atoms with Crippen LogP contribution < -0.4 is 0 Å². The van der Waals surface area contributed by atoms with Crippen LogP contribution in [0.3, 0.4) is 0 Å². The molecule has 1 aliphatic carbocycles. The molecule has 0 heterocycles. The summed E-state index contributed by atoms with van der Waals surface area (Å²) in [6.45, 7) is 7.00. The Morgan fingerprint density at radius 2 is 2.29 bits per heavy atom. The van der Waals surface area contributed by atoms with E-state index in [1.54, 1.807) is 0 Å². The highest BCUT2D eigenvalue weighted by atomic mass is 16.2. The molecular formula is C16H26O. The summed E-state index contributed by atoms with van der Waals surface area (Å²) in [4.78, 5) is 0. The molecule has 1 heteroatoms. The number of rotatable bonds is 5. The predicted molar refractivity (Wildman–Crippen MR) is 74.8 cm³/mol. The number of aliphatic hydroxyl groups excluding tert-OH is 1. The van der Waals surface area contributed by atoms with E-state index in [4.69, 9.17) is 5.11 Å². The molecule has 0 fully saturated rings. The number of hydrogen-bond acceptors (Lipinski definition) is 1. The monoisotopic (exact) mass is 234 g/mol. The van der Waals surface area contributed by atoms with Gasteiger partial charge in [-0.15, -0.1) is 0 Å². The first-order chi connectivity index (χ1) is 8.19. The second-order valence-corrected chi connectivity index (χ2v) is 5.13. The Bertz CT molecular complexity index is 299. The molecular weight excluding hydrogens is 208 g/mol. The molecule has 0 aromatic heterocycles. The molecule has 0 saturated carbocycles. The van der Waals surface area contributed by atoms with Gasteiger partial charge in [0, 0.05) is 6.61 Å². The molecule has 0 aromatic carbocycles. The SMILES string of the molecule is C/C=C\[C@H](C)C1C=C(/C=C/CCO)CCC1C. The predicted octanol–water partition coefficient (Wildman–Crippen LogP) is 4.11. The summed E-state index contributed by atoms with van der Waals surface area (Å²) in [7, 11) is 0. The lowest BCUT2D eigenvalue weighted by Gasteiger charge is -2.30. The van der Waals surface area contributed by atoms with Gasteiger partial charge < -0.3 is 5.11 Å². The highest BCUT2D eigenvalue weighted by Gasteiger charge is 2.23. The Morgan fingerprint density at radius 3 is 2.94 bits per heavy atom. The summed E-state index contributed by atoms with van der Waals surface area (Å²) in [6, 6.07) is 0. The third kappa shape index (κ3) is 4.51. The van der Waals surface area contributed by atoms with Crippen molar-refractivity contribution in [3.05, 3.63) is 36.0 Å². The zero-order valence-electron chi connectivity index (χ0n) is 11.4. The fourth-order valence-electron chi connectivity index (χ4n) is 2.63. The molecule has 0 aliphatic heterocycles. The average Bonchev–Trinajstić information content (AvgIpc) is 2.32. The van der Waals surface area contributed by atoms with E-state index < -0.39 is 0 Å². The zero-order valence-corrected chi connectivity index (χ0v) is 11.4. The van der Waals surface area contributed by atoms with Gasteiger partial charge in [-0.1, -0.05) is 49.8 Å². The Kier molecular flexibility index (Phi) is 6.28. The fraction of sp³-hybridized carbons (Fsp3) is 0.625. The van der Waals surface area contributed by atoms with Crippen LogP contribution in [0, 0.1) is 17.8 Å². The lowest BCUT2D eigenvalue weighted by molar-refractivity contribution is 0.302. The first-order valence-electron chi connectivity index (χ1n) is 6.80. The molecule has 17 heavy (non-hydrogen) atoms. The second kappa shape index (κ2) is 7.50. The van der Waals surface area contributed by atoms with Gasteiger partial charge in [0.05, 0.1) is 0 Å². The summed E-state index contributed by atoms with van der Waals surface area (Å²) in [5, 5.41) is 8.77. The molecule has 1 nitrogen and oxygen atoms in total. The minimum absolute atomic E-state index is 0.249. The number of allylic oxidation sites excluding steroid dienone is 5. The summed E-state index contributed by atoms with van der Waals surface area (Å²) in [5.41, 5.74) is 1.44. The quantitative estimate of drug-likeness (QED) is 0.710. The van der Waals surface area contributed by atoms with Crippen molar-refractivity contribution >= 4 is 0 Å². The zero-order chi connectivity index (χ0) is 12.7. The normalized spacial score (nSPS) is 27.6. The molecule has 2 unspecified atom stereocenters. The van der Waals surface area contributed by atoms with Crippen LogP contribution in [0.4, 0.5) is 0 Å². The van der Waals surface area contributed by atoms with E-state index in [2.05, 4.69) is 51.2 Å². The number of aliphatic hydroxyl groups is 1. The van der Waals surface area contributed by atoms with Crippen LogP contribution in [0.15, 0.2) is 36.0 Å².